The van der Waals surface area contributed by atoms with Gasteiger partial charge in [-0.05, 0) is 12.0 Å². The van der Waals surface area contributed by atoms with E-state index in [1.807, 2.05) is 23.1 Å². The molecule has 27 heavy (non-hydrogen) atoms. The zero-order valence-electron chi connectivity index (χ0n) is 15.9. The normalized spacial score (nSPS) is 19.0. The zero-order valence-corrected chi connectivity index (χ0v) is 15.9. The van der Waals surface area contributed by atoms with Crippen LogP contribution in [0.5, 0.6) is 0 Å². The smallest absolute Gasteiger partial charge is 0.236 e. The molecule has 0 saturated carbocycles. The van der Waals surface area contributed by atoms with Gasteiger partial charge >= 0.3 is 0 Å². The molecule has 1 N–H and O–H groups in total. The number of benzene rings is 1. The Bertz CT molecular complexity index is 597. The van der Waals surface area contributed by atoms with Gasteiger partial charge in [-0.2, -0.15) is 0 Å². The third-order valence-corrected chi connectivity index (χ3v) is 5.13. The number of nitrogens with one attached hydrogen (secondary N) is 1. The molecule has 2 heterocycles. The van der Waals surface area contributed by atoms with Crippen molar-refractivity contribution in [3.8, 4) is 0 Å². The molecule has 1 aromatic carbocycles. The lowest BCUT2D eigenvalue weighted by molar-refractivity contribution is -0.135. The lowest BCUT2D eigenvalue weighted by Crippen LogP contribution is -2.53. The standard InChI is InChI=1S/C20H30N4O3/c25-19(21-7-6-18-4-2-1-3-5-18)16-22-8-10-24(11-9-22)20(26)17-23-12-14-27-15-13-23/h1-5H,6-17H2,(H,21,25). The van der Waals surface area contributed by atoms with Gasteiger partial charge in [0, 0.05) is 45.8 Å². The number of amides is 2. The SMILES string of the molecule is O=C(CN1CCN(C(=O)CN2CCOCC2)CC1)NCCc1ccccc1. The molecule has 2 aliphatic rings. The summed E-state index contributed by atoms with van der Waals surface area (Å²) in [7, 11) is 0. The molecule has 0 unspecified atom stereocenters. The lowest BCUT2D eigenvalue weighted by Gasteiger charge is -2.36. The van der Waals surface area contributed by atoms with Gasteiger partial charge < -0.3 is 15.0 Å². The van der Waals surface area contributed by atoms with E-state index in [-0.39, 0.29) is 11.8 Å². The minimum Gasteiger partial charge on any atom is -0.379 e. The zero-order chi connectivity index (χ0) is 18.9. The van der Waals surface area contributed by atoms with Gasteiger partial charge in [0.15, 0.2) is 0 Å². The Morgan fingerprint density at radius 3 is 2.26 bits per heavy atom. The second-order valence-electron chi connectivity index (χ2n) is 7.13. The van der Waals surface area contributed by atoms with Crippen LogP contribution >= 0.6 is 0 Å². The van der Waals surface area contributed by atoms with Crippen molar-refractivity contribution in [2.75, 3.05) is 72.1 Å². The molecular weight excluding hydrogens is 344 g/mol. The fourth-order valence-electron chi connectivity index (χ4n) is 3.46. The van der Waals surface area contributed by atoms with Crippen LogP contribution < -0.4 is 5.32 Å². The number of rotatable bonds is 7. The Morgan fingerprint density at radius 1 is 0.889 bits per heavy atom. The van der Waals surface area contributed by atoms with E-state index in [4.69, 9.17) is 4.74 Å². The number of hydrogen-bond acceptors (Lipinski definition) is 5. The summed E-state index contributed by atoms with van der Waals surface area (Å²) in [5.41, 5.74) is 1.23. The summed E-state index contributed by atoms with van der Waals surface area (Å²) in [5.74, 6) is 0.239. The van der Waals surface area contributed by atoms with E-state index in [2.05, 4.69) is 27.2 Å². The first-order valence-corrected chi connectivity index (χ1v) is 9.81. The van der Waals surface area contributed by atoms with Gasteiger partial charge in [0.05, 0.1) is 26.3 Å². The van der Waals surface area contributed by atoms with Crippen molar-refractivity contribution in [1.82, 2.24) is 20.0 Å². The first-order chi connectivity index (χ1) is 13.2. The van der Waals surface area contributed by atoms with Crippen LogP contribution in [0.3, 0.4) is 0 Å². The Kier molecular flexibility index (Phi) is 7.62. The summed E-state index contributed by atoms with van der Waals surface area (Å²) in [5, 5.41) is 2.99. The van der Waals surface area contributed by atoms with Crippen LogP contribution in [-0.4, -0.2) is 98.6 Å². The average Bonchev–Trinajstić information content (AvgIpc) is 2.70. The van der Waals surface area contributed by atoms with Crippen LogP contribution in [0.15, 0.2) is 30.3 Å². The number of carbonyl (C=O) groups excluding carboxylic acids is 2. The van der Waals surface area contributed by atoms with E-state index in [1.165, 1.54) is 5.56 Å². The van der Waals surface area contributed by atoms with E-state index in [1.54, 1.807) is 0 Å². The molecule has 148 valence electrons. The highest BCUT2D eigenvalue weighted by Gasteiger charge is 2.24. The van der Waals surface area contributed by atoms with E-state index >= 15 is 0 Å². The van der Waals surface area contributed by atoms with E-state index in [0.717, 1.165) is 32.6 Å². The van der Waals surface area contributed by atoms with Crippen LogP contribution in [0.25, 0.3) is 0 Å². The van der Waals surface area contributed by atoms with Crippen LogP contribution in [0, 0.1) is 0 Å². The van der Waals surface area contributed by atoms with Crippen molar-refractivity contribution < 1.29 is 14.3 Å². The average molecular weight is 374 g/mol. The minimum absolute atomic E-state index is 0.0547. The molecule has 0 radical (unpaired) electrons. The van der Waals surface area contributed by atoms with Crippen molar-refractivity contribution in [1.29, 1.82) is 0 Å². The number of piperazine rings is 1. The Labute approximate surface area is 161 Å². The topological polar surface area (TPSA) is 65.1 Å². The highest BCUT2D eigenvalue weighted by Crippen LogP contribution is 2.05. The predicted octanol–water partition coefficient (Wildman–Crippen LogP) is -0.178. The van der Waals surface area contributed by atoms with Gasteiger partial charge in [-0.1, -0.05) is 30.3 Å². The van der Waals surface area contributed by atoms with Gasteiger partial charge in [0.1, 0.15) is 0 Å². The largest absolute Gasteiger partial charge is 0.379 e. The number of hydrogen-bond donors (Lipinski definition) is 1. The summed E-state index contributed by atoms with van der Waals surface area (Å²) < 4.78 is 5.32. The molecule has 0 bridgehead atoms. The van der Waals surface area contributed by atoms with Gasteiger partial charge in [0.2, 0.25) is 11.8 Å². The number of ether oxygens (including phenoxy) is 1. The molecule has 7 heteroatoms. The molecule has 2 amide bonds. The molecular formula is C20H30N4O3. The summed E-state index contributed by atoms with van der Waals surface area (Å²) >= 11 is 0. The molecule has 0 spiro atoms. The first-order valence-electron chi connectivity index (χ1n) is 9.81. The minimum atomic E-state index is 0.0547. The van der Waals surface area contributed by atoms with Gasteiger partial charge in [-0.15, -0.1) is 0 Å². The maximum Gasteiger partial charge on any atom is 0.236 e. The predicted molar refractivity (Wildman–Crippen MR) is 103 cm³/mol. The molecule has 0 atom stereocenters. The van der Waals surface area contributed by atoms with Gasteiger partial charge in [-0.3, -0.25) is 19.4 Å². The first kappa shape index (κ1) is 19.8. The van der Waals surface area contributed by atoms with Crippen LogP contribution in [0.2, 0.25) is 0 Å². The fraction of sp³-hybridized carbons (Fsp3) is 0.600. The van der Waals surface area contributed by atoms with Crippen molar-refractivity contribution >= 4 is 11.8 Å². The lowest BCUT2D eigenvalue weighted by atomic mass is 10.1. The fourth-order valence-corrected chi connectivity index (χ4v) is 3.46. The number of morpholine rings is 1. The quantitative estimate of drug-likeness (QED) is 0.717. The molecule has 0 aliphatic carbocycles. The second kappa shape index (κ2) is 10.4. The monoisotopic (exact) mass is 374 g/mol. The van der Waals surface area contributed by atoms with E-state index < -0.39 is 0 Å². The Hall–Kier alpha value is -1.96. The number of carbonyl (C=O) groups is 2. The molecule has 2 fully saturated rings. The van der Waals surface area contributed by atoms with Crippen LogP contribution in [0.1, 0.15) is 5.56 Å². The molecule has 3 rings (SSSR count). The summed E-state index contributed by atoms with van der Waals surface area (Å²) in [4.78, 5) is 30.7. The van der Waals surface area contributed by atoms with E-state index in [9.17, 15) is 9.59 Å². The Morgan fingerprint density at radius 2 is 1.56 bits per heavy atom. The highest BCUT2D eigenvalue weighted by atomic mass is 16.5. The number of nitrogens with zero attached hydrogens (tertiary/aromatic N) is 3. The molecule has 1 aromatic rings. The molecule has 7 nitrogen and oxygen atoms in total. The van der Waals surface area contributed by atoms with Crippen molar-refractivity contribution in [3.63, 3.8) is 0 Å². The van der Waals surface area contributed by atoms with Crippen molar-refractivity contribution in [2.24, 2.45) is 0 Å². The third kappa shape index (κ3) is 6.61. The van der Waals surface area contributed by atoms with Crippen LogP contribution in [0.4, 0.5) is 0 Å². The Balaban J connectivity index is 1.30. The maximum atomic E-state index is 12.4. The summed E-state index contributed by atoms with van der Waals surface area (Å²) in [6.07, 6.45) is 0.844. The van der Waals surface area contributed by atoms with Gasteiger partial charge in [0.25, 0.3) is 0 Å². The van der Waals surface area contributed by atoms with Gasteiger partial charge in [-0.25, -0.2) is 0 Å². The molecule has 2 aliphatic heterocycles. The van der Waals surface area contributed by atoms with E-state index in [0.29, 0.717) is 45.9 Å². The summed E-state index contributed by atoms with van der Waals surface area (Å²) in [6, 6.07) is 10.2. The second-order valence-corrected chi connectivity index (χ2v) is 7.13. The molecule has 2 saturated heterocycles. The summed E-state index contributed by atoms with van der Waals surface area (Å²) in [6.45, 7) is 7.50. The molecule has 0 aromatic heterocycles. The van der Waals surface area contributed by atoms with Crippen LogP contribution in [-0.2, 0) is 20.7 Å². The maximum absolute atomic E-state index is 12.4. The van der Waals surface area contributed by atoms with Crippen molar-refractivity contribution in [2.45, 2.75) is 6.42 Å². The van der Waals surface area contributed by atoms with Crippen molar-refractivity contribution in [3.05, 3.63) is 35.9 Å². The third-order valence-electron chi connectivity index (χ3n) is 5.13. The highest BCUT2D eigenvalue weighted by molar-refractivity contribution is 5.79.